The van der Waals surface area contributed by atoms with E-state index in [1.54, 1.807) is 17.5 Å². The summed E-state index contributed by atoms with van der Waals surface area (Å²) in [6.45, 7) is 2.94. The van der Waals surface area contributed by atoms with E-state index in [0.717, 1.165) is 0 Å². The Kier molecular flexibility index (Phi) is 2.85. The molecule has 0 amide bonds. The molecule has 4 nitrogen and oxygen atoms in total. The van der Waals surface area contributed by atoms with Gasteiger partial charge in [0.15, 0.2) is 0 Å². The molecule has 2 atom stereocenters. The number of hydrogen-bond acceptors (Lipinski definition) is 4. The number of hydrogen-bond donors (Lipinski definition) is 1. The molecule has 1 aromatic rings. The Bertz CT molecular complexity index is 417. The third kappa shape index (κ3) is 1.94. The quantitative estimate of drug-likeness (QED) is 0.836. The summed E-state index contributed by atoms with van der Waals surface area (Å²) >= 11 is 1.25. The highest BCUT2D eigenvalue weighted by atomic mass is 32.2. The highest BCUT2D eigenvalue weighted by molar-refractivity contribution is 7.91. The number of nitrogens with zero attached hydrogens (tertiary/aromatic N) is 1. The summed E-state index contributed by atoms with van der Waals surface area (Å²) in [4.78, 5) is 0. The van der Waals surface area contributed by atoms with Gasteiger partial charge in [-0.3, -0.25) is 0 Å². The second-order valence-electron chi connectivity index (χ2n) is 3.90. The van der Waals surface area contributed by atoms with Gasteiger partial charge in [-0.25, -0.2) is 8.42 Å². The predicted molar refractivity (Wildman–Crippen MR) is 60.2 cm³/mol. The average Bonchev–Trinajstić information content (AvgIpc) is 2.77. The second kappa shape index (κ2) is 3.86. The van der Waals surface area contributed by atoms with Crippen LogP contribution in [0.2, 0.25) is 0 Å². The van der Waals surface area contributed by atoms with Gasteiger partial charge < -0.3 is 5.73 Å². The van der Waals surface area contributed by atoms with Crippen LogP contribution in [0.5, 0.6) is 0 Å². The third-order valence-electron chi connectivity index (χ3n) is 2.73. The van der Waals surface area contributed by atoms with Gasteiger partial charge in [-0.15, -0.1) is 11.3 Å². The number of nitrogens with two attached hydrogens (primary N) is 1. The van der Waals surface area contributed by atoms with Crippen molar-refractivity contribution < 1.29 is 8.42 Å². The lowest BCUT2D eigenvalue weighted by Gasteiger charge is -2.14. The van der Waals surface area contributed by atoms with Crippen molar-refractivity contribution in [1.29, 1.82) is 0 Å². The molecule has 0 bridgehead atoms. The number of thiophene rings is 1. The summed E-state index contributed by atoms with van der Waals surface area (Å²) in [7, 11) is -3.29. The maximum Gasteiger partial charge on any atom is 0.252 e. The minimum atomic E-state index is -3.29. The molecule has 0 aromatic carbocycles. The van der Waals surface area contributed by atoms with Gasteiger partial charge in [0, 0.05) is 19.1 Å². The zero-order chi connectivity index (χ0) is 11.1. The zero-order valence-corrected chi connectivity index (χ0v) is 10.1. The number of sulfonamides is 1. The van der Waals surface area contributed by atoms with Crippen LogP contribution in [0.25, 0.3) is 0 Å². The normalized spacial score (nSPS) is 28.4. The van der Waals surface area contributed by atoms with E-state index in [1.807, 2.05) is 6.92 Å². The Balaban J connectivity index is 2.25. The first kappa shape index (κ1) is 11.1. The van der Waals surface area contributed by atoms with Crippen molar-refractivity contribution in [2.45, 2.75) is 17.2 Å². The van der Waals surface area contributed by atoms with Gasteiger partial charge in [0.05, 0.1) is 0 Å². The molecule has 0 saturated carbocycles. The van der Waals surface area contributed by atoms with Crippen LogP contribution in [-0.2, 0) is 10.0 Å². The van der Waals surface area contributed by atoms with Crippen molar-refractivity contribution in [2.75, 3.05) is 13.1 Å². The minimum absolute atomic E-state index is 0.0419. The van der Waals surface area contributed by atoms with Gasteiger partial charge in [-0.1, -0.05) is 13.0 Å². The summed E-state index contributed by atoms with van der Waals surface area (Å²) in [5.41, 5.74) is 5.82. The Morgan fingerprint density at radius 1 is 1.53 bits per heavy atom. The van der Waals surface area contributed by atoms with E-state index >= 15 is 0 Å². The van der Waals surface area contributed by atoms with E-state index < -0.39 is 10.0 Å². The van der Waals surface area contributed by atoms with Crippen LogP contribution in [0.4, 0.5) is 0 Å². The van der Waals surface area contributed by atoms with E-state index in [9.17, 15) is 8.42 Å². The smallest absolute Gasteiger partial charge is 0.252 e. The molecule has 2 heterocycles. The van der Waals surface area contributed by atoms with Crippen LogP contribution >= 0.6 is 11.3 Å². The fourth-order valence-electron chi connectivity index (χ4n) is 1.68. The second-order valence-corrected chi connectivity index (χ2v) is 7.01. The average molecular weight is 246 g/mol. The minimum Gasteiger partial charge on any atom is -0.326 e. The van der Waals surface area contributed by atoms with Crippen LogP contribution in [0.3, 0.4) is 0 Å². The third-order valence-corrected chi connectivity index (χ3v) is 5.93. The first-order valence-corrected chi connectivity index (χ1v) is 7.13. The molecule has 2 N–H and O–H groups in total. The van der Waals surface area contributed by atoms with Crippen molar-refractivity contribution >= 4 is 21.4 Å². The van der Waals surface area contributed by atoms with Crippen molar-refractivity contribution in [3.63, 3.8) is 0 Å². The van der Waals surface area contributed by atoms with Gasteiger partial charge in [-0.2, -0.15) is 4.31 Å². The molecule has 0 radical (unpaired) electrons. The van der Waals surface area contributed by atoms with Gasteiger partial charge in [0.1, 0.15) is 4.21 Å². The molecule has 1 saturated heterocycles. The van der Waals surface area contributed by atoms with Gasteiger partial charge in [0.25, 0.3) is 10.0 Å². The highest BCUT2D eigenvalue weighted by Gasteiger charge is 2.35. The van der Waals surface area contributed by atoms with Crippen LogP contribution in [0.1, 0.15) is 6.92 Å². The summed E-state index contributed by atoms with van der Waals surface area (Å²) < 4.78 is 26.0. The Hall–Kier alpha value is -0.430. The van der Waals surface area contributed by atoms with Crippen LogP contribution < -0.4 is 5.73 Å². The molecule has 0 spiro atoms. The summed E-state index contributed by atoms with van der Waals surface area (Å²) in [6.07, 6.45) is 0. The molecule has 84 valence electrons. The Labute approximate surface area is 93.8 Å². The molecule has 2 unspecified atom stereocenters. The van der Waals surface area contributed by atoms with Gasteiger partial charge >= 0.3 is 0 Å². The molecule has 1 aromatic heterocycles. The van der Waals surface area contributed by atoms with Crippen molar-refractivity contribution in [2.24, 2.45) is 11.7 Å². The maximum atomic E-state index is 12.1. The van der Waals surface area contributed by atoms with Crippen molar-refractivity contribution in [3.05, 3.63) is 17.5 Å². The summed E-state index contributed by atoms with van der Waals surface area (Å²) in [5, 5.41) is 1.77. The fraction of sp³-hybridized carbons (Fsp3) is 0.556. The van der Waals surface area contributed by atoms with E-state index in [2.05, 4.69) is 0 Å². The molecule has 6 heteroatoms. The van der Waals surface area contributed by atoms with E-state index in [1.165, 1.54) is 15.6 Å². The van der Waals surface area contributed by atoms with Gasteiger partial charge in [-0.05, 0) is 17.4 Å². The fourth-order valence-corrected chi connectivity index (χ4v) is 4.40. The van der Waals surface area contributed by atoms with E-state index in [0.29, 0.717) is 17.3 Å². The zero-order valence-electron chi connectivity index (χ0n) is 8.46. The largest absolute Gasteiger partial charge is 0.326 e. The highest BCUT2D eigenvalue weighted by Crippen LogP contribution is 2.26. The number of rotatable bonds is 2. The molecule has 0 aliphatic carbocycles. The van der Waals surface area contributed by atoms with E-state index in [4.69, 9.17) is 5.73 Å². The monoisotopic (exact) mass is 246 g/mol. The van der Waals surface area contributed by atoms with Crippen LogP contribution in [0.15, 0.2) is 21.7 Å². The Morgan fingerprint density at radius 3 is 2.73 bits per heavy atom. The molecular weight excluding hydrogens is 232 g/mol. The van der Waals surface area contributed by atoms with Crippen molar-refractivity contribution in [3.8, 4) is 0 Å². The summed E-state index contributed by atoms with van der Waals surface area (Å²) in [6, 6.07) is 3.34. The van der Waals surface area contributed by atoms with Crippen LogP contribution in [0, 0.1) is 5.92 Å². The Morgan fingerprint density at radius 2 is 2.27 bits per heavy atom. The standard InChI is InChI=1S/C9H14N2O2S2/c1-7-5-11(6-8(7)10)15(12,13)9-3-2-4-14-9/h2-4,7-8H,5-6,10H2,1H3. The molecule has 1 aliphatic heterocycles. The van der Waals surface area contributed by atoms with E-state index in [-0.39, 0.29) is 12.0 Å². The first-order valence-electron chi connectivity index (χ1n) is 4.81. The molecule has 15 heavy (non-hydrogen) atoms. The van der Waals surface area contributed by atoms with Crippen LogP contribution in [-0.4, -0.2) is 31.9 Å². The molecule has 1 aliphatic rings. The maximum absolute atomic E-state index is 12.1. The lowest BCUT2D eigenvalue weighted by Crippen LogP contribution is -2.31. The molecule has 1 fully saturated rings. The molecule has 2 rings (SSSR count). The van der Waals surface area contributed by atoms with Crippen molar-refractivity contribution in [1.82, 2.24) is 4.31 Å². The first-order chi connectivity index (χ1) is 7.01. The topological polar surface area (TPSA) is 63.4 Å². The molecular formula is C9H14N2O2S2. The summed E-state index contributed by atoms with van der Waals surface area (Å²) in [5.74, 6) is 0.236. The SMILES string of the molecule is CC1CN(S(=O)(=O)c2cccs2)CC1N. The van der Waals surface area contributed by atoms with Gasteiger partial charge in [0.2, 0.25) is 0 Å². The predicted octanol–water partition coefficient (Wildman–Crippen LogP) is 0.716. The lowest BCUT2D eigenvalue weighted by atomic mass is 10.1. The lowest BCUT2D eigenvalue weighted by molar-refractivity contribution is 0.466.